The summed E-state index contributed by atoms with van der Waals surface area (Å²) in [5.41, 5.74) is 1.64. The van der Waals surface area contributed by atoms with E-state index in [-0.39, 0.29) is 12.2 Å². The monoisotopic (exact) mass is 358 g/mol. The molecule has 0 amide bonds. The second kappa shape index (κ2) is 7.59. The molecule has 0 radical (unpaired) electrons. The third kappa shape index (κ3) is 3.95. The lowest BCUT2D eigenvalue weighted by Gasteiger charge is -2.15. The van der Waals surface area contributed by atoms with E-state index in [1.54, 1.807) is 19.1 Å². The highest BCUT2D eigenvalue weighted by Crippen LogP contribution is 2.18. The average molecular weight is 359 g/mol. The SMILES string of the molecule is CC(O)COn1c(=O)c(NCc2ccccc2Cl)cc2ccccc21. The maximum atomic E-state index is 12.8. The fourth-order valence-corrected chi connectivity index (χ4v) is 2.70. The van der Waals surface area contributed by atoms with Crippen molar-refractivity contribution >= 4 is 28.2 Å². The molecule has 130 valence electrons. The lowest BCUT2D eigenvalue weighted by molar-refractivity contribution is 0.0365. The summed E-state index contributed by atoms with van der Waals surface area (Å²) < 4.78 is 1.22. The quantitative estimate of drug-likeness (QED) is 0.710. The molecule has 6 heteroatoms. The Morgan fingerprint density at radius 3 is 2.68 bits per heavy atom. The van der Waals surface area contributed by atoms with Crippen LogP contribution < -0.4 is 15.7 Å². The van der Waals surface area contributed by atoms with Crippen molar-refractivity contribution < 1.29 is 9.94 Å². The van der Waals surface area contributed by atoms with Gasteiger partial charge in [0.2, 0.25) is 0 Å². The van der Waals surface area contributed by atoms with Gasteiger partial charge in [0.15, 0.2) is 0 Å². The molecule has 0 saturated heterocycles. The Balaban J connectivity index is 1.96. The smallest absolute Gasteiger partial charge is 0.306 e. The van der Waals surface area contributed by atoms with Gasteiger partial charge in [-0.25, -0.2) is 0 Å². The van der Waals surface area contributed by atoms with E-state index in [9.17, 15) is 9.90 Å². The van der Waals surface area contributed by atoms with Crippen LogP contribution in [0.3, 0.4) is 0 Å². The van der Waals surface area contributed by atoms with E-state index >= 15 is 0 Å². The van der Waals surface area contributed by atoms with Crippen LogP contribution >= 0.6 is 11.6 Å². The van der Waals surface area contributed by atoms with Crippen LogP contribution in [0.4, 0.5) is 5.69 Å². The number of fused-ring (bicyclic) bond motifs is 1. The molecule has 0 aliphatic carbocycles. The molecule has 3 aromatic rings. The van der Waals surface area contributed by atoms with Gasteiger partial charge in [-0.15, -0.1) is 4.73 Å². The van der Waals surface area contributed by atoms with Gasteiger partial charge in [0, 0.05) is 17.0 Å². The van der Waals surface area contributed by atoms with Crippen LogP contribution in [-0.4, -0.2) is 22.5 Å². The number of aliphatic hydroxyl groups excluding tert-OH is 1. The number of anilines is 1. The van der Waals surface area contributed by atoms with Crippen molar-refractivity contribution in [1.29, 1.82) is 0 Å². The van der Waals surface area contributed by atoms with Gasteiger partial charge in [0.05, 0.1) is 11.6 Å². The van der Waals surface area contributed by atoms with Gasteiger partial charge in [-0.1, -0.05) is 48.0 Å². The maximum Gasteiger partial charge on any atom is 0.306 e. The largest absolute Gasteiger partial charge is 0.407 e. The summed E-state index contributed by atoms with van der Waals surface area (Å²) >= 11 is 6.17. The van der Waals surface area contributed by atoms with Crippen LogP contribution in [0.2, 0.25) is 5.02 Å². The number of hydrogen-bond donors (Lipinski definition) is 2. The summed E-state index contributed by atoms with van der Waals surface area (Å²) in [6.07, 6.45) is -0.676. The fraction of sp³-hybridized carbons (Fsp3) is 0.211. The predicted molar refractivity (Wildman–Crippen MR) is 100 cm³/mol. The molecule has 0 bridgehead atoms. The third-order valence-electron chi connectivity index (χ3n) is 3.74. The maximum absolute atomic E-state index is 12.8. The minimum Gasteiger partial charge on any atom is -0.407 e. The Labute approximate surface area is 150 Å². The zero-order chi connectivity index (χ0) is 17.8. The number of benzene rings is 2. The number of aliphatic hydroxyl groups is 1. The molecule has 25 heavy (non-hydrogen) atoms. The fourth-order valence-electron chi connectivity index (χ4n) is 2.50. The molecule has 1 unspecified atom stereocenters. The van der Waals surface area contributed by atoms with Gasteiger partial charge >= 0.3 is 5.56 Å². The molecule has 0 aliphatic heterocycles. The van der Waals surface area contributed by atoms with E-state index in [0.717, 1.165) is 10.9 Å². The van der Waals surface area contributed by atoms with Crippen molar-refractivity contribution in [2.24, 2.45) is 0 Å². The summed E-state index contributed by atoms with van der Waals surface area (Å²) in [6.45, 7) is 2.05. The molecular formula is C19H19ClN2O3. The molecule has 0 aliphatic rings. The van der Waals surface area contributed by atoms with Crippen LogP contribution in [0.1, 0.15) is 12.5 Å². The van der Waals surface area contributed by atoms with Gasteiger partial charge < -0.3 is 15.3 Å². The first-order chi connectivity index (χ1) is 12.1. The van der Waals surface area contributed by atoms with Crippen molar-refractivity contribution in [2.45, 2.75) is 19.6 Å². The van der Waals surface area contributed by atoms with E-state index in [4.69, 9.17) is 16.4 Å². The summed E-state index contributed by atoms with van der Waals surface area (Å²) in [6, 6.07) is 16.7. The predicted octanol–water partition coefficient (Wildman–Crippen LogP) is 3.08. The molecule has 5 nitrogen and oxygen atoms in total. The van der Waals surface area contributed by atoms with Gasteiger partial charge in [0.1, 0.15) is 12.3 Å². The number of halogens is 1. The van der Waals surface area contributed by atoms with Crippen LogP contribution in [0.5, 0.6) is 0 Å². The van der Waals surface area contributed by atoms with Crippen molar-refractivity contribution in [1.82, 2.24) is 4.73 Å². The average Bonchev–Trinajstić information content (AvgIpc) is 2.60. The van der Waals surface area contributed by atoms with Crippen molar-refractivity contribution in [2.75, 3.05) is 11.9 Å². The van der Waals surface area contributed by atoms with Gasteiger partial charge in [-0.05, 0) is 30.7 Å². The second-order valence-corrected chi connectivity index (χ2v) is 6.21. The van der Waals surface area contributed by atoms with E-state index in [0.29, 0.717) is 22.8 Å². The zero-order valence-corrected chi connectivity index (χ0v) is 14.5. The molecule has 3 rings (SSSR count). The number of nitrogens with zero attached hydrogens (tertiary/aromatic N) is 1. The normalized spacial score (nSPS) is 12.1. The Kier molecular flexibility index (Phi) is 5.26. The topological polar surface area (TPSA) is 63.5 Å². The van der Waals surface area contributed by atoms with Crippen LogP contribution in [0, 0.1) is 0 Å². The summed E-state index contributed by atoms with van der Waals surface area (Å²) in [4.78, 5) is 18.3. The van der Waals surface area contributed by atoms with E-state index in [1.807, 2.05) is 42.5 Å². The molecule has 2 N–H and O–H groups in total. The highest BCUT2D eigenvalue weighted by atomic mass is 35.5. The molecule has 2 aromatic carbocycles. The number of aromatic nitrogens is 1. The zero-order valence-electron chi connectivity index (χ0n) is 13.8. The van der Waals surface area contributed by atoms with Crippen molar-refractivity contribution in [3.05, 3.63) is 75.5 Å². The summed E-state index contributed by atoms with van der Waals surface area (Å²) in [7, 11) is 0. The molecule has 1 aromatic heterocycles. The standard InChI is InChI=1S/C19H19ClN2O3/c1-13(23)12-25-22-18-9-5-3-6-14(18)10-17(19(22)24)21-11-15-7-2-4-8-16(15)20/h2-10,13,21,23H,11-12H2,1H3. The molecule has 0 saturated carbocycles. The van der Waals surface area contributed by atoms with E-state index in [1.165, 1.54) is 4.73 Å². The van der Waals surface area contributed by atoms with Crippen molar-refractivity contribution in [3.8, 4) is 0 Å². The van der Waals surface area contributed by atoms with Gasteiger partial charge in [-0.2, -0.15) is 0 Å². The van der Waals surface area contributed by atoms with Crippen LogP contribution in [0.15, 0.2) is 59.4 Å². The molecule has 1 heterocycles. The minimum absolute atomic E-state index is 0.0257. The Hall–Kier alpha value is -2.50. The molecule has 1 atom stereocenters. The van der Waals surface area contributed by atoms with Crippen molar-refractivity contribution in [3.63, 3.8) is 0 Å². The number of para-hydroxylation sites is 1. The molecule has 0 spiro atoms. The van der Waals surface area contributed by atoms with Gasteiger partial charge in [-0.3, -0.25) is 4.79 Å². The van der Waals surface area contributed by atoms with Crippen LogP contribution in [-0.2, 0) is 6.54 Å². The Bertz CT molecular complexity index is 937. The number of hydrogen-bond acceptors (Lipinski definition) is 4. The Morgan fingerprint density at radius 2 is 1.92 bits per heavy atom. The third-order valence-corrected chi connectivity index (χ3v) is 4.11. The lowest BCUT2D eigenvalue weighted by atomic mass is 10.2. The lowest BCUT2D eigenvalue weighted by Crippen LogP contribution is -2.32. The van der Waals surface area contributed by atoms with Gasteiger partial charge in [0.25, 0.3) is 0 Å². The number of rotatable bonds is 6. The summed E-state index contributed by atoms with van der Waals surface area (Å²) in [5.74, 6) is 0. The number of pyridine rings is 1. The highest BCUT2D eigenvalue weighted by Gasteiger charge is 2.11. The number of nitrogens with one attached hydrogen (secondary N) is 1. The Morgan fingerprint density at radius 1 is 1.20 bits per heavy atom. The first-order valence-electron chi connectivity index (χ1n) is 7.99. The summed E-state index contributed by atoms with van der Waals surface area (Å²) in [5, 5.41) is 14.1. The van der Waals surface area contributed by atoms with E-state index in [2.05, 4.69) is 5.32 Å². The first-order valence-corrected chi connectivity index (χ1v) is 8.37. The van der Waals surface area contributed by atoms with E-state index < -0.39 is 6.10 Å². The first kappa shape index (κ1) is 17.3. The highest BCUT2D eigenvalue weighted by molar-refractivity contribution is 6.31. The van der Waals surface area contributed by atoms with Crippen LogP contribution in [0.25, 0.3) is 10.9 Å². The second-order valence-electron chi connectivity index (χ2n) is 5.81. The molecular weight excluding hydrogens is 340 g/mol. The minimum atomic E-state index is -0.676. The molecule has 0 fully saturated rings.